The van der Waals surface area contributed by atoms with E-state index in [1.165, 1.54) is 0 Å². The van der Waals surface area contributed by atoms with Gasteiger partial charge in [0, 0.05) is 28.7 Å². The Bertz CT molecular complexity index is 1160. The summed E-state index contributed by atoms with van der Waals surface area (Å²) in [4.78, 5) is 29.0. The lowest BCUT2D eigenvalue weighted by Crippen LogP contribution is -2.54. The van der Waals surface area contributed by atoms with Crippen molar-refractivity contribution >= 4 is 39.5 Å². The molecule has 1 atom stereocenters. The number of rotatable bonds is 11. The van der Waals surface area contributed by atoms with Gasteiger partial charge in [0.15, 0.2) is 0 Å². The molecule has 0 aliphatic carbocycles. The smallest absolute Gasteiger partial charge is 0.243 e. The molecular weight excluding hydrogens is 548 g/mol. The number of methoxy groups -OCH3 is 1. The molecule has 5 nitrogen and oxygen atoms in total. The fourth-order valence-corrected chi connectivity index (χ4v) is 5.22. The van der Waals surface area contributed by atoms with E-state index in [1.54, 1.807) is 23.8 Å². The Kier molecular flexibility index (Phi) is 10.6. The van der Waals surface area contributed by atoms with Crippen LogP contribution < -0.4 is 10.1 Å². The minimum Gasteiger partial charge on any atom is -0.497 e. The highest BCUT2D eigenvalue weighted by molar-refractivity contribution is 9.10. The number of carbonyl (C=O) groups excluding carboxylic acids is 2. The van der Waals surface area contributed by atoms with Crippen LogP contribution in [0.5, 0.6) is 5.75 Å². The average Bonchev–Trinajstić information content (AvgIpc) is 2.86. The van der Waals surface area contributed by atoms with Crippen molar-refractivity contribution in [2.24, 2.45) is 0 Å². The number of nitrogens with zero attached hydrogens (tertiary/aromatic N) is 1. The Morgan fingerprint density at radius 2 is 1.62 bits per heavy atom. The van der Waals surface area contributed by atoms with Crippen molar-refractivity contribution < 1.29 is 14.3 Å². The molecule has 0 aliphatic heterocycles. The zero-order chi connectivity index (χ0) is 26.8. The molecule has 0 saturated carbocycles. The lowest BCUT2D eigenvalue weighted by molar-refractivity contribution is -0.140. The van der Waals surface area contributed by atoms with Crippen LogP contribution in [0.25, 0.3) is 0 Å². The topological polar surface area (TPSA) is 58.6 Å². The van der Waals surface area contributed by atoms with Gasteiger partial charge < -0.3 is 15.0 Å². The van der Waals surface area contributed by atoms with Gasteiger partial charge in [-0.05, 0) is 61.7 Å². The van der Waals surface area contributed by atoms with Crippen LogP contribution in [0.4, 0.5) is 0 Å². The van der Waals surface area contributed by atoms with Crippen LogP contribution in [0.1, 0.15) is 37.5 Å². The summed E-state index contributed by atoms with van der Waals surface area (Å²) in [6.45, 7) is 6.21. The van der Waals surface area contributed by atoms with Crippen LogP contribution in [0.15, 0.2) is 83.3 Å². The van der Waals surface area contributed by atoms with Gasteiger partial charge in [-0.1, -0.05) is 70.5 Å². The molecule has 2 amide bonds. The molecule has 7 heteroatoms. The monoisotopic (exact) mass is 582 g/mol. The Labute approximate surface area is 233 Å². The largest absolute Gasteiger partial charge is 0.497 e. The predicted molar refractivity (Wildman–Crippen MR) is 156 cm³/mol. The van der Waals surface area contributed by atoms with Gasteiger partial charge in [-0.2, -0.15) is 0 Å². The molecule has 1 N–H and O–H groups in total. The second kappa shape index (κ2) is 13.7. The zero-order valence-corrected chi connectivity index (χ0v) is 24.3. The Morgan fingerprint density at radius 3 is 2.24 bits per heavy atom. The van der Waals surface area contributed by atoms with E-state index in [-0.39, 0.29) is 17.6 Å². The highest BCUT2D eigenvalue weighted by Crippen LogP contribution is 2.21. The van der Waals surface area contributed by atoms with Crippen LogP contribution in [0, 0.1) is 0 Å². The molecule has 0 radical (unpaired) electrons. The van der Waals surface area contributed by atoms with Crippen LogP contribution in [0.3, 0.4) is 0 Å². The van der Waals surface area contributed by atoms with Crippen molar-refractivity contribution in [1.29, 1.82) is 0 Å². The molecule has 3 rings (SSSR count). The van der Waals surface area contributed by atoms with Crippen molar-refractivity contribution in [3.63, 3.8) is 0 Å². The predicted octanol–water partition coefficient (Wildman–Crippen LogP) is 6.25. The molecule has 0 fully saturated rings. The summed E-state index contributed by atoms with van der Waals surface area (Å²) in [6, 6.07) is 24.9. The molecular formula is C30H35BrN2O3S. The fraction of sp³-hybridized carbons (Fsp3) is 0.333. The molecule has 0 spiro atoms. The summed E-state index contributed by atoms with van der Waals surface area (Å²) < 4.78 is 6.17. The van der Waals surface area contributed by atoms with Gasteiger partial charge in [0.05, 0.1) is 12.9 Å². The standard InChI is InChI=1S/C30H35BrN2O3S/c1-30(2,3)32-29(35)27(18-22-9-6-5-7-10-22)33(19-24-11-8-12-25(31)17-24)28(34)21-37-20-23-13-15-26(36-4)16-14-23/h5-17,27H,18-21H2,1-4H3,(H,32,35). The Morgan fingerprint density at radius 1 is 0.946 bits per heavy atom. The van der Waals surface area contributed by atoms with E-state index in [9.17, 15) is 9.59 Å². The lowest BCUT2D eigenvalue weighted by Gasteiger charge is -2.34. The molecule has 37 heavy (non-hydrogen) atoms. The average molecular weight is 584 g/mol. The van der Waals surface area contributed by atoms with E-state index in [1.807, 2.05) is 99.6 Å². The number of amides is 2. The van der Waals surface area contributed by atoms with Crippen molar-refractivity contribution in [3.8, 4) is 5.75 Å². The van der Waals surface area contributed by atoms with Crippen LogP contribution in [-0.4, -0.2) is 41.2 Å². The number of hydrogen-bond donors (Lipinski definition) is 1. The van der Waals surface area contributed by atoms with Gasteiger partial charge in [-0.3, -0.25) is 9.59 Å². The maximum absolute atomic E-state index is 13.7. The van der Waals surface area contributed by atoms with Crippen LogP contribution >= 0.6 is 27.7 Å². The molecule has 0 aromatic heterocycles. The maximum atomic E-state index is 13.7. The number of nitrogens with one attached hydrogen (secondary N) is 1. The Balaban J connectivity index is 1.85. The lowest BCUT2D eigenvalue weighted by atomic mass is 10.0. The van der Waals surface area contributed by atoms with E-state index < -0.39 is 11.6 Å². The first kappa shape index (κ1) is 28.8. The number of thioether (sulfide) groups is 1. The molecule has 0 bridgehead atoms. The minimum absolute atomic E-state index is 0.0662. The third kappa shape index (κ3) is 9.56. The molecule has 196 valence electrons. The molecule has 0 aliphatic rings. The Hall–Kier alpha value is -2.77. The summed E-state index contributed by atoms with van der Waals surface area (Å²) in [6.07, 6.45) is 0.436. The maximum Gasteiger partial charge on any atom is 0.243 e. The highest BCUT2D eigenvalue weighted by atomic mass is 79.9. The van der Waals surface area contributed by atoms with Crippen molar-refractivity contribution in [2.75, 3.05) is 12.9 Å². The molecule has 0 heterocycles. The third-order valence-electron chi connectivity index (χ3n) is 5.66. The van der Waals surface area contributed by atoms with Crippen LogP contribution in [0.2, 0.25) is 0 Å². The van der Waals surface area contributed by atoms with Gasteiger partial charge >= 0.3 is 0 Å². The molecule has 1 unspecified atom stereocenters. The zero-order valence-electron chi connectivity index (χ0n) is 21.9. The number of carbonyl (C=O) groups is 2. The summed E-state index contributed by atoms with van der Waals surface area (Å²) in [5, 5.41) is 3.10. The van der Waals surface area contributed by atoms with Crippen molar-refractivity contribution in [3.05, 3.63) is 100 Å². The minimum atomic E-state index is -0.644. The fourth-order valence-electron chi connectivity index (χ4n) is 3.90. The summed E-state index contributed by atoms with van der Waals surface area (Å²) in [7, 11) is 1.64. The second-order valence-electron chi connectivity index (χ2n) is 9.94. The van der Waals surface area contributed by atoms with Crippen LogP contribution in [-0.2, 0) is 28.3 Å². The first-order valence-electron chi connectivity index (χ1n) is 12.2. The van der Waals surface area contributed by atoms with Gasteiger partial charge in [-0.15, -0.1) is 11.8 Å². The van der Waals surface area contributed by atoms with E-state index in [0.29, 0.717) is 18.7 Å². The number of benzene rings is 3. The van der Waals surface area contributed by atoms with Crippen molar-refractivity contribution in [2.45, 2.75) is 51.1 Å². The quantitative estimate of drug-likeness (QED) is 0.290. The van der Waals surface area contributed by atoms with Gasteiger partial charge in [0.1, 0.15) is 11.8 Å². The van der Waals surface area contributed by atoms with Gasteiger partial charge in [-0.25, -0.2) is 0 Å². The van der Waals surface area contributed by atoms with E-state index in [0.717, 1.165) is 26.9 Å². The second-order valence-corrected chi connectivity index (χ2v) is 11.8. The van der Waals surface area contributed by atoms with E-state index in [2.05, 4.69) is 21.2 Å². The number of halogens is 1. The first-order chi connectivity index (χ1) is 17.6. The molecule has 3 aromatic rings. The number of ether oxygens (including phenoxy) is 1. The summed E-state index contributed by atoms with van der Waals surface area (Å²) >= 11 is 5.08. The number of hydrogen-bond acceptors (Lipinski definition) is 4. The first-order valence-corrected chi connectivity index (χ1v) is 14.2. The SMILES string of the molecule is COc1ccc(CSCC(=O)N(Cc2cccc(Br)c2)C(Cc2ccccc2)C(=O)NC(C)(C)C)cc1. The van der Waals surface area contributed by atoms with Gasteiger partial charge in [0.25, 0.3) is 0 Å². The van der Waals surface area contributed by atoms with E-state index >= 15 is 0 Å². The highest BCUT2D eigenvalue weighted by Gasteiger charge is 2.32. The van der Waals surface area contributed by atoms with E-state index in [4.69, 9.17) is 4.74 Å². The van der Waals surface area contributed by atoms with Gasteiger partial charge in [0.2, 0.25) is 11.8 Å². The molecule has 0 saturated heterocycles. The molecule has 3 aromatic carbocycles. The summed E-state index contributed by atoms with van der Waals surface area (Å²) in [5.41, 5.74) is 2.67. The van der Waals surface area contributed by atoms with Crippen molar-refractivity contribution in [1.82, 2.24) is 10.2 Å². The summed E-state index contributed by atoms with van der Waals surface area (Å²) in [5.74, 6) is 1.55. The normalized spacial score (nSPS) is 12.0. The third-order valence-corrected chi connectivity index (χ3v) is 7.15.